The minimum absolute atomic E-state index is 0.0594. The number of rotatable bonds is 3. The smallest absolute Gasteiger partial charge is 0.168 e. The lowest BCUT2D eigenvalue weighted by Gasteiger charge is -2.02. The van der Waals surface area contributed by atoms with Gasteiger partial charge in [-0.3, -0.25) is 4.79 Å². The van der Waals surface area contributed by atoms with E-state index in [1.165, 1.54) is 17.4 Å². The van der Waals surface area contributed by atoms with E-state index in [0.29, 0.717) is 5.56 Å². The van der Waals surface area contributed by atoms with Crippen LogP contribution in [-0.4, -0.2) is 5.78 Å². The lowest BCUT2D eigenvalue weighted by molar-refractivity contribution is 0.0991. The summed E-state index contributed by atoms with van der Waals surface area (Å²) in [6.45, 7) is 1.84. The molecule has 94 valence electrons. The molecule has 1 aromatic heterocycles. The summed E-state index contributed by atoms with van der Waals surface area (Å²) in [5.74, 6) is -1.49. The topological polar surface area (TPSA) is 17.1 Å². The summed E-state index contributed by atoms with van der Waals surface area (Å²) in [5.41, 5.74) is 0.790. The van der Waals surface area contributed by atoms with Crippen LogP contribution in [-0.2, 0) is 6.42 Å². The number of hydrogen-bond donors (Lipinski definition) is 0. The molecule has 0 unspecified atom stereocenters. The van der Waals surface area contributed by atoms with Crippen molar-refractivity contribution in [3.8, 4) is 0 Å². The zero-order chi connectivity index (χ0) is 13.3. The van der Waals surface area contributed by atoms with Crippen molar-refractivity contribution in [1.82, 2.24) is 0 Å². The van der Waals surface area contributed by atoms with Gasteiger partial charge < -0.3 is 0 Å². The minimum Gasteiger partial charge on any atom is -0.294 e. The van der Waals surface area contributed by atoms with Gasteiger partial charge in [-0.2, -0.15) is 0 Å². The summed E-state index contributed by atoms with van der Waals surface area (Å²) < 4.78 is 27.0. The average molecular weight is 331 g/mol. The van der Waals surface area contributed by atoms with Gasteiger partial charge in [0.1, 0.15) is 11.6 Å². The van der Waals surface area contributed by atoms with Gasteiger partial charge in [-0.25, -0.2) is 8.78 Å². The van der Waals surface area contributed by atoms with Gasteiger partial charge >= 0.3 is 0 Å². The molecular weight excluding hydrogens is 322 g/mol. The van der Waals surface area contributed by atoms with E-state index in [0.717, 1.165) is 20.8 Å². The monoisotopic (exact) mass is 330 g/mol. The van der Waals surface area contributed by atoms with E-state index < -0.39 is 11.6 Å². The van der Waals surface area contributed by atoms with Crippen molar-refractivity contribution in [2.75, 3.05) is 0 Å². The molecule has 18 heavy (non-hydrogen) atoms. The van der Waals surface area contributed by atoms with Gasteiger partial charge in [0.15, 0.2) is 5.78 Å². The zero-order valence-corrected chi connectivity index (χ0v) is 11.9. The second-order valence-electron chi connectivity index (χ2n) is 3.86. The lowest BCUT2D eigenvalue weighted by atomic mass is 10.0. The fraction of sp³-hybridized carbons (Fsp3) is 0.154. The molecule has 2 rings (SSSR count). The summed E-state index contributed by atoms with van der Waals surface area (Å²) in [4.78, 5) is 12.9. The second kappa shape index (κ2) is 5.28. The molecule has 0 fully saturated rings. The molecule has 2 aromatic rings. The number of hydrogen-bond acceptors (Lipinski definition) is 2. The van der Waals surface area contributed by atoms with Crippen LogP contribution in [0.15, 0.2) is 28.1 Å². The van der Waals surface area contributed by atoms with E-state index in [-0.39, 0.29) is 17.8 Å². The minimum atomic E-state index is -0.685. The predicted octanol–water partition coefficient (Wildman–Crippen LogP) is 4.52. The number of ketones is 1. The number of halogens is 3. The van der Waals surface area contributed by atoms with Crippen LogP contribution in [0.4, 0.5) is 8.78 Å². The van der Waals surface area contributed by atoms with E-state index in [1.54, 1.807) is 6.07 Å². The molecule has 0 aliphatic rings. The van der Waals surface area contributed by atoms with E-state index in [2.05, 4.69) is 15.9 Å². The average Bonchev–Trinajstić information content (AvgIpc) is 2.62. The fourth-order valence-electron chi connectivity index (χ4n) is 1.66. The number of carbonyl (C=O) groups is 1. The van der Waals surface area contributed by atoms with Crippen molar-refractivity contribution in [3.63, 3.8) is 0 Å². The van der Waals surface area contributed by atoms with Gasteiger partial charge in [-0.05, 0) is 40.5 Å². The van der Waals surface area contributed by atoms with Gasteiger partial charge in [-0.1, -0.05) is 6.07 Å². The molecule has 0 spiro atoms. The molecule has 0 atom stereocenters. The van der Waals surface area contributed by atoms with Crippen molar-refractivity contribution in [3.05, 3.63) is 55.7 Å². The van der Waals surface area contributed by atoms with Crippen LogP contribution in [0.5, 0.6) is 0 Å². The number of thiophene rings is 1. The third kappa shape index (κ3) is 2.84. The highest BCUT2D eigenvalue weighted by atomic mass is 79.9. The molecule has 0 saturated carbocycles. The van der Waals surface area contributed by atoms with E-state index in [9.17, 15) is 13.6 Å². The Bertz CT molecular complexity index is 607. The normalized spacial score (nSPS) is 10.7. The van der Waals surface area contributed by atoms with Crippen LogP contribution in [0.25, 0.3) is 0 Å². The first-order valence-electron chi connectivity index (χ1n) is 5.20. The van der Waals surface area contributed by atoms with Crippen molar-refractivity contribution < 1.29 is 13.6 Å². The standard InChI is InChI=1S/C13H9BrF2OS/c1-7-10(6-13(14)18-7)12(17)4-8-2-3-9(15)5-11(8)16/h2-3,5-6H,4H2,1H3. The highest BCUT2D eigenvalue weighted by Crippen LogP contribution is 2.27. The van der Waals surface area contributed by atoms with Crippen LogP contribution in [0.2, 0.25) is 0 Å². The first-order chi connectivity index (χ1) is 8.47. The molecular formula is C13H9BrF2OS. The number of benzene rings is 1. The number of carbonyl (C=O) groups excluding carboxylic acids is 1. The fourth-order valence-corrected chi connectivity index (χ4v) is 3.37. The summed E-state index contributed by atoms with van der Waals surface area (Å²) in [6, 6.07) is 4.98. The summed E-state index contributed by atoms with van der Waals surface area (Å²) in [7, 11) is 0. The summed E-state index contributed by atoms with van der Waals surface area (Å²) >= 11 is 4.76. The molecule has 1 aromatic carbocycles. The van der Waals surface area contributed by atoms with Crippen molar-refractivity contribution in [2.24, 2.45) is 0 Å². The van der Waals surface area contributed by atoms with E-state index in [1.807, 2.05) is 6.92 Å². The maximum absolute atomic E-state index is 13.4. The van der Waals surface area contributed by atoms with Crippen molar-refractivity contribution in [2.45, 2.75) is 13.3 Å². The third-order valence-corrected chi connectivity index (χ3v) is 4.11. The molecule has 0 aliphatic carbocycles. The van der Waals surface area contributed by atoms with Gasteiger partial charge in [0.05, 0.1) is 3.79 Å². The Labute approximate surface area is 116 Å². The van der Waals surface area contributed by atoms with E-state index in [4.69, 9.17) is 0 Å². The molecule has 0 bridgehead atoms. The Morgan fingerprint density at radius 2 is 2.06 bits per heavy atom. The maximum atomic E-state index is 13.4. The highest BCUT2D eigenvalue weighted by Gasteiger charge is 2.15. The largest absolute Gasteiger partial charge is 0.294 e. The molecule has 0 saturated heterocycles. The molecule has 1 heterocycles. The summed E-state index contributed by atoms with van der Waals surface area (Å²) in [6.07, 6.45) is -0.0594. The number of Topliss-reactive ketones (excluding diaryl/α,β-unsaturated/α-hetero) is 1. The molecule has 0 N–H and O–H groups in total. The zero-order valence-electron chi connectivity index (χ0n) is 9.47. The Balaban J connectivity index is 2.24. The third-order valence-electron chi connectivity index (χ3n) is 2.55. The Morgan fingerprint density at radius 3 is 2.61 bits per heavy atom. The second-order valence-corrected chi connectivity index (χ2v) is 6.49. The van der Waals surface area contributed by atoms with Crippen LogP contribution >= 0.6 is 27.3 Å². The van der Waals surface area contributed by atoms with Gasteiger partial charge in [0, 0.05) is 22.9 Å². The number of aryl methyl sites for hydroxylation is 1. The molecule has 5 heteroatoms. The quantitative estimate of drug-likeness (QED) is 0.756. The van der Waals surface area contributed by atoms with Crippen LogP contribution in [0, 0.1) is 18.6 Å². The van der Waals surface area contributed by atoms with Gasteiger partial charge in [0.25, 0.3) is 0 Å². The molecule has 0 aliphatic heterocycles. The Morgan fingerprint density at radius 1 is 1.33 bits per heavy atom. The maximum Gasteiger partial charge on any atom is 0.168 e. The van der Waals surface area contributed by atoms with E-state index >= 15 is 0 Å². The highest BCUT2D eigenvalue weighted by molar-refractivity contribution is 9.11. The molecule has 0 amide bonds. The first-order valence-corrected chi connectivity index (χ1v) is 6.81. The van der Waals surface area contributed by atoms with Gasteiger partial charge in [-0.15, -0.1) is 11.3 Å². The van der Waals surface area contributed by atoms with Crippen molar-refractivity contribution >= 4 is 33.0 Å². The SMILES string of the molecule is Cc1sc(Br)cc1C(=O)Cc1ccc(F)cc1F. The lowest BCUT2D eigenvalue weighted by Crippen LogP contribution is -2.05. The first kappa shape index (κ1) is 13.4. The predicted molar refractivity (Wildman–Crippen MR) is 71.1 cm³/mol. The van der Waals surface area contributed by atoms with Crippen LogP contribution in [0.1, 0.15) is 20.8 Å². The molecule has 0 radical (unpaired) electrons. The van der Waals surface area contributed by atoms with Crippen LogP contribution < -0.4 is 0 Å². The Kier molecular flexibility index (Phi) is 3.92. The summed E-state index contributed by atoms with van der Waals surface area (Å²) in [5, 5.41) is 0. The molecule has 1 nitrogen and oxygen atoms in total. The van der Waals surface area contributed by atoms with Crippen LogP contribution in [0.3, 0.4) is 0 Å². The van der Waals surface area contributed by atoms with Gasteiger partial charge in [0.2, 0.25) is 0 Å². The Hall–Kier alpha value is -1.07. The van der Waals surface area contributed by atoms with Crippen molar-refractivity contribution in [1.29, 1.82) is 0 Å².